The molecule has 0 aromatic heterocycles. The van der Waals surface area contributed by atoms with Crippen LogP contribution in [-0.4, -0.2) is 146 Å². The number of hydrogen-bond donors (Lipinski definition) is 1. The van der Waals surface area contributed by atoms with Crippen LogP contribution in [0, 0.1) is 23.7 Å². The first-order chi connectivity index (χ1) is 39.8. The van der Waals surface area contributed by atoms with Crippen LogP contribution in [-0.2, 0) is 56.6 Å². The van der Waals surface area contributed by atoms with Crippen LogP contribution in [0.5, 0.6) is 0 Å². The maximum Gasteiger partial charge on any atom is 0.338 e. The van der Waals surface area contributed by atoms with Gasteiger partial charge >= 0.3 is 5.97 Å². The molecule has 0 aliphatic carbocycles. The lowest BCUT2D eigenvalue weighted by Crippen LogP contribution is -2.62. The van der Waals surface area contributed by atoms with Gasteiger partial charge in [0.2, 0.25) is 0 Å². The molecule has 0 spiro atoms. The van der Waals surface area contributed by atoms with E-state index in [1.807, 2.05) is 24.3 Å². The van der Waals surface area contributed by atoms with Gasteiger partial charge in [-0.1, -0.05) is 128 Å². The third kappa shape index (κ3) is 14.7. The summed E-state index contributed by atoms with van der Waals surface area (Å²) >= 11 is 3.51. The molecule has 8 aliphatic rings. The molecule has 2 aromatic rings. The fourth-order valence-corrected chi connectivity index (χ4v) is 21.1. The van der Waals surface area contributed by atoms with Crippen LogP contribution in [0.2, 0.25) is 36.3 Å². The summed E-state index contributed by atoms with van der Waals surface area (Å²) < 4.78 is 101. The van der Waals surface area contributed by atoms with Gasteiger partial charge in [0.1, 0.15) is 36.6 Å². The molecule has 10 rings (SSSR count). The Morgan fingerprint density at radius 3 is 2.15 bits per heavy atom. The quantitative estimate of drug-likeness (QED) is 0.0370. The fourth-order valence-electron chi connectivity index (χ4n) is 14.7. The normalized spacial score (nSPS) is 34.6. The molecule has 5 unspecified atom stereocenters. The van der Waals surface area contributed by atoms with Crippen LogP contribution in [0.3, 0.4) is 0 Å². The predicted molar refractivity (Wildman–Crippen MR) is 335 cm³/mol. The standard InChI is InChI=1S/C66H101BrO14SSi2/c1-14-84(15-2,16-3)72-33-23-26-47-35-42(5)44(7)54(74-47)38-55-57(45(8)53(77-55)34-41(4)40-73-83(12,13)65(9,10)11)63(82(70,71)50-27-21-18-22-28-50)51(68)37-48-29-30-52-58(75-48)62-61-60(78-52)59-56(79-61)39-66(80-59,81-62)32-31-49(36-43(6)67)76-64(69)46-24-19-17-20-25-46/h17-22,24-25,27-28,41-42,45,47-49,51-63,68H,6-7,14-16,23,26,29-40H2,1-5,8-13H3/t41-,42+,45-,47-,48+,49-,51?,52-,53+,54+,55?,56+,57?,58-,59-,60-,61+,62?,63?,66-/m0/s1. The smallest absolute Gasteiger partial charge is 0.338 e. The molecule has 8 fully saturated rings. The molecule has 0 saturated carbocycles. The molecule has 20 atom stereocenters. The minimum Gasteiger partial charge on any atom is -0.458 e. The topological polar surface area (TPSA) is 164 Å². The number of fused-ring (bicyclic) bond motifs is 1. The van der Waals surface area contributed by atoms with Gasteiger partial charge in [0.05, 0.1) is 64.5 Å². The first kappa shape index (κ1) is 66.3. The Balaban J connectivity index is 0.960. The zero-order valence-electron chi connectivity index (χ0n) is 52.2. The van der Waals surface area contributed by atoms with Crippen molar-refractivity contribution in [3.8, 4) is 0 Å². The summed E-state index contributed by atoms with van der Waals surface area (Å²) in [7, 11) is -8.01. The maximum absolute atomic E-state index is 15.7. The molecule has 8 heterocycles. The first-order valence-electron chi connectivity index (χ1n) is 32.0. The minimum absolute atomic E-state index is 0.00666. The van der Waals surface area contributed by atoms with Gasteiger partial charge in [-0.3, -0.25) is 0 Å². The molecule has 470 valence electrons. The van der Waals surface area contributed by atoms with E-state index in [2.05, 4.69) is 104 Å². The highest BCUT2D eigenvalue weighted by Gasteiger charge is 2.69. The van der Waals surface area contributed by atoms with Gasteiger partial charge in [-0.05, 0) is 133 Å². The monoisotopic (exact) mass is 1280 g/mol. The van der Waals surface area contributed by atoms with E-state index in [-0.39, 0.29) is 76.8 Å². The number of esters is 1. The van der Waals surface area contributed by atoms with Crippen molar-refractivity contribution in [3.05, 3.63) is 89.4 Å². The van der Waals surface area contributed by atoms with Crippen LogP contribution in [0.4, 0.5) is 0 Å². The number of carbonyl (C=O) groups is 1. The van der Waals surface area contributed by atoms with E-state index in [0.29, 0.717) is 68.0 Å². The Labute approximate surface area is 513 Å². The number of sulfone groups is 1. The molecular formula is C66H101BrO14SSi2. The van der Waals surface area contributed by atoms with Crippen molar-refractivity contribution < 1.29 is 65.1 Å². The van der Waals surface area contributed by atoms with E-state index in [9.17, 15) is 9.90 Å². The van der Waals surface area contributed by atoms with Crippen LogP contribution in [0.1, 0.15) is 150 Å². The zero-order valence-corrected chi connectivity index (χ0v) is 56.6. The number of rotatable bonds is 28. The van der Waals surface area contributed by atoms with E-state index in [1.165, 1.54) is 0 Å². The van der Waals surface area contributed by atoms with Gasteiger partial charge in [-0.25, -0.2) is 13.2 Å². The van der Waals surface area contributed by atoms with Gasteiger partial charge < -0.3 is 51.9 Å². The summed E-state index contributed by atoms with van der Waals surface area (Å²) in [4.78, 5) is 13.5. The average molecular weight is 1290 g/mol. The number of halogens is 1. The highest BCUT2D eigenvalue weighted by molar-refractivity contribution is 9.11. The van der Waals surface area contributed by atoms with E-state index >= 15 is 8.42 Å². The summed E-state index contributed by atoms with van der Waals surface area (Å²) in [5.41, 5.74) is 1.46. The van der Waals surface area contributed by atoms with Crippen LogP contribution < -0.4 is 0 Å². The molecular weight excluding hydrogens is 1180 g/mol. The summed E-state index contributed by atoms with van der Waals surface area (Å²) in [5.74, 6) is -2.04. The maximum atomic E-state index is 15.7. The lowest BCUT2D eigenvalue weighted by atomic mass is 9.78. The molecule has 8 aliphatic heterocycles. The van der Waals surface area contributed by atoms with Gasteiger partial charge in [-0.2, -0.15) is 0 Å². The summed E-state index contributed by atoms with van der Waals surface area (Å²) in [6, 6.07) is 20.9. The molecule has 14 nitrogen and oxygen atoms in total. The third-order valence-corrected chi connectivity index (χ3v) is 32.7. The second-order valence-corrected chi connectivity index (χ2v) is 40.4. The van der Waals surface area contributed by atoms with Crippen molar-refractivity contribution in [1.29, 1.82) is 0 Å². The number of benzene rings is 2. The van der Waals surface area contributed by atoms with Crippen molar-refractivity contribution in [2.45, 2.75) is 277 Å². The van der Waals surface area contributed by atoms with Crippen molar-refractivity contribution in [2.24, 2.45) is 23.7 Å². The number of aliphatic hydroxyl groups excluding tert-OH is 1. The highest BCUT2D eigenvalue weighted by atomic mass is 79.9. The molecule has 1 N–H and O–H groups in total. The van der Waals surface area contributed by atoms with E-state index < -0.39 is 92.1 Å². The SMILES string of the molecule is C=C(Br)C[C@H](CC[C@@]12C[C@H]3O[C@H]4C(O1)[C@H]1O[C@@H](CC(O)C(C5C(C[C@H]6O[C@@H](CCCO[Si](CC)(CC)CC)C[C@@H](C)C6=C)O[C@H](C[C@H](C)CO[Si](C)(C)C(C)(C)C)[C@@H]5C)S(=O)(=O)c5ccccc5)CC[C@@H]1O[C@H]4[C@H]3O2)OC(=O)c1ccccc1. The molecule has 0 amide bonds. The van der Waals surface area contributed by atoms with Crippen LogP contribution in [0.15, 0.2) is 88.8 Å². The number of carbonyl (C=O) groups excluding carboxylic acids is 1. The number of ether oxygens (including phenoxy) is 8. The van der Waals surface area contributed by atoms with Crippen molar-refractivity contribution in [2.75, 3.05) is 13.2 Å². The van der Waals surface area contributed by atoms with Gasteiger partial charge in [0.15, 0.2) is 32.3 Å². The summed E-state index contributed by atoms with van der Waals surface area (Å²) in [5, 5.41) is 11.9. The Bertz CT molecular complexity index is 2630. The lowest BCUT2D eigenvalue weighted by molar-refractivity contribution is -0.293. The average Bonchev–Trinajstić information content (AvgIpc) is 1.59. The van der Waals surface area contributed by atoms with E-state index in [4.69, 9.17) is 46.7 Å². The van der Waals surface area contributed by atoms with E-state index in [0.717, 1.165) is 49.6 Å². The number of aliphatic hydroxyl groups is 1. The predicted octanol–water partition coefficient (Wildman–Crippen LogP) is 13.5. The molecule has 2 aromatic carbocycles. The number of hydrogen-bond acceptors (Lipinski definition) is 14. The molecule has 0 radical (unpaired) electrons. The van der Waals surface area contributed by atoms with Crippen LogP contribution >= 0.6 is 15.9 Å². The third-order valence-electron chi connectivity index (χ3n) is 20.9. The molecule has 8 saturated heterocycles. The second kappa shape index (κ2) is 27.5. The fraction of sp³-hybridized carbons (Fsp3) is 0.742. The van der Waals surface area contributed by atoms with Gasteiger partial charge in [0, 0.05) is 51.2 Å². The van der Waals surface area contributed by atoms with E-state index in [1.54, 1.807) is 36.4 Å². The molecule has 6 bridgehead atoms. The Morgan fingerprint density at radius 2 is 1.49 bits per heavy atom. The second-order valence-electron chi connectivity index (χ2n) is 27.6. The van der Waals surface area contributed by atoms with Gasteiger partial charge in [-0.15, -0.1) is 0 Å². The molecule has 84 heavy (non-hydrogen) atoms. The lowest BCUT2D eigenvalue weighted by Gasteiger charge is -2.48. The summed E-state index contributed by atoms with van der Waals surface area (Å²) in [6.45, 7) is 34.6. The zero-order chi connectivity index (χ0) is 60.5. The Hall–Kier alpha value is -2.15. The largest absolute Gasteiger partial charge is 0.458 e. The Morgan fingerprint density at radius 1 is 0.833 bits per heavy atom. The van der Waals surface area contributed by atoms with Crippen molar-refractivity contribution in [1.82, 2.24) is 0 Å². The van der Waals surface area contributed by atoms with Crippen LogP contribution in [0.25, 0.3) is 0 Å². The minimum atomic E-state index is -4.22. The van der Waals surface area contributed by atoms with Crippen molar-refractivity contribution in [3.63, 3.8) is 0 Å². The van der Waals surface area contributed by atoms with Crippen molar-refractivity contribution >= 4 is 48.4 Å². The first-order valence-corrected chi connectivity index (χ1v) is 39.7. The Kier molecular flexibility index (Phi) is 21.7. The summed E-state index contributed by atoms with van der Waals surface area (Å²) in [6.07, 6.45) is 0.160. The van der Waals surface area contributed by atoms with Gasteiger partial charge in [0.25, 0.3) is 0 Å². The highest BCUT2D eigenvalue weighted by Crippen LogP contribution is 2.55. The molecule has 18 heteroatoms.